The number of benzene rings is 7. The van der Waals surface area contributed by atoms with Crippen LogP contribution in [0.4, 0.5) is 0 Å². The van der Waals surface area contributed by atoms with Crippen molar-refractivity contribution in [2.45, 2.75) is 0 Å². The maximum Gasteiger partial charge on any atom is 0.164 e. The molecule has 0 N–H and O–H groups in total. The zero-order chi connectivity index (χ0) is 37.4. The molecule has 55 heavy (non-hydrogen) atoms. The topological polar surface area (TPSA) is 56.7 Å². The first-order chi connectivity index (χ1) is 26.8. The van der Waals surface area contributed by atoms with Crippen molar-refractivity contribution in [2.75, 3.05) is 0 Å². The Morgan fingerprint density at radius 3 is 1.60 bits per heavy atom. The number of fused-ring (bicyclic) bond motifs is 6. The normalized spacial score (nSPS) is 11.6. The van der Waals surface area contributed by atoms with Gasteiger partial charge in [0.2, 0.25) is 0 Å². The van der Waals surface area contributed by atoms with Crippen LogP contribution >= 0.6 is 0 Å². The van der Waals surface area contributed by atoms with Crippen molar-refractivity contribution in [3.8, 4) is 51.0 Å². The van der Waals surface area contributed by atoms with Gasteiger partial charge in [-0.1, -0.05) is 95.9 Å². The predicted molar refractivity (Wildman–Crippen MR) is 230 cm³/mol. The van der Waals surface area contributed by atoms with Gasteiger partial charge in [-0.05, 0) is 59.7 Å². The largest absolute Gasteiger partial charge is 0.456 e. The van der Waals surface area contributed by atoms with E-state index in [2.05, 4.69) is 77.4 Å². The summed E-state index contributed by atoms with van der Waals surface area (Å²) in [6.07, 6.45) is 0. The summed E-state index contributed by atoms with van der Waals surface area (Å²) in [6, 6.07) is 46.8. The minimum absolute atomic E-state index is 0.162. The molecule has 7 aromatic carbocycles. The van der Waals surface area contributed by atoms with Crippen molar-refractivity contribution in [1.82, 2.24) is 19.5 Å². The lowest BCUT2D eigenvalue weighted by atomic mass is 9.59. The van der Waals surface area contributed by atoms with Crippen LogP contribution in [0.5, 0.6) is 0 Å². The highest BCUT2D eigenvalue weighted by Gasteiger charge is 2.18. The van der Waals surface area contributed by atoms with Crippen LogP contribution in [0.1, 0.15) is 0 Å². The predicted octanol–water partition coefficient (Wildman–Crippen LogP) is 5.51. The van der Waals surface area contributed by atoms with E-state index in [0.717, 1.165) is 55.3 Å². The number of para-hydroxylation sites is 2. The highest BCUT2D eigenvalue weighted by molar-refractivity contribution is 6.68. The Balaban J connectivity index is 1.11. The van der Waals surface area contributed by atoms with Crippen LogP contribution < -0.4 is 27.3 Å². The molecule has 0 aliphatic carbocycles. The number of rotatable bonds is 5. The van der Waals surface area contributed by atoms with Crippen LogP contribution in [-0.4, -0.2) is 58.8 Å². The smallest absolute Gasteiger partial charge is 0.164 e. The number of nitrogens with zero attached hydrogens (tertiary/aromatic N) is 4. The van der Waals surface area contributed by atoms with E-state index in [1.54, 1.807) is 0 Å². The van der Waals surface area contributed by atoms with Crippen LogP contribution in [0.3, 0.4) is 0 Å². The van der Waals surface area contributed by atoms with E-state index in [0.29, 0.717) is 28.6 Å². The summed E-state index contributed by atoms with van der Waals surface area (Å²) in [5, 5.41) is 4.36. The molecule has 0 aliphatic heterocycles. The second kappa shape index (κ2) is 12.8. The standard InChI is InChI=1S/C45H23B5N4O/c46-38-37(39(47)41(49)42(50)40(38)48)25-11-8-12-26(21-25)44-51-43(24-9-2-1-3-10-24)52-45(53-44)27-17-20-35-32(22-27)31-19-18-28(23-36(31)55-35)54-33-15-6-4-13-29(33)30-14-5-7-16-34(30)54/h1-23H. The van der Waals surface area contributed by atoms with Crippen LogP contribution in [-0.2, 0) is 0 Å². The van der Waals surface area contributed by atoms with Gasteiger partial charge in [0.1, 0.15) is 50.4 Å². The fraction of sp³-hybridized carbons (Fsp3) is 0. The molecule has 10 heteroatoms. The maximum atomic E-state index is 6.48. The zero-order valence-corrected chi connectivity index (χ0v) is 29.4. The summed E-state index contributed by atoms with van der Waals surface area (Å²) in [5.41, 5.74) is 9.47. The number of aromatic nitrogens is 4. The van der Waals surface area contributed by atoms with E-state index in [9.17, 15) is 0 Å². The van der Waals surface area contributed by atoms with Gasteiger partial charge >= 0.3 is 0 Å². The first-order valence-corrected chi connectivity index (χ1v) is 17.7. The van der Waals surface area contributed by atoms with Gasteiger partial charge in [0.15, 0.2) is 17.5 Å². The molecule has 0 amide bonds. The van der Waals surface area contributed by atoms with Crippen LogP contribution in [0.15, 0.2) is 144 Å². The molecule has 0 fully saturated rings. The van der Waals surface area contributed by atoms with Gasteiger partial charge < -0.3 is 8.98 Å². The molecule has 0 saturated heterocycles. The lowest BCUT2D eigenvalue weighted by Crippen LogP contribution is -2.55. The molecular formula is C45H23B5N4O. The molecule has 0 saturated carbocycles. The monoisotopic (exact) mass is 690 g/mol. The van der Waals surface area contributed by atoms with Gasteiger partial charge in [0.05, 0.1) is 11.0 Å². The fourth-order valence-electron chi connectivity index (χ4n) is 7.57. The number of hydrogen-bond donors (Lipinski definition) is 0. The van der Waals surface area contributed by atoms with Crippen LogP contribution in [0.2, 0.25) is 0 Å². The molecule has 3 aromatic heterocycles. The van der Waals surface area contributed by atoms with Gasteiger partial charge in [-0.3, -0.25) is 0 Å². The summed E-state index contributed by atoms with van der Waals surface area (Å²) in [5.74, 6) is 1.50. The van der Waals surface area contributed by atoms with Crippen molar-refractivity contribution < 1.29 is 4.42 Å². The molecule has 10 aromatic rings. The third kappa shape index (κ3) is 5.35. The molecule has 244 valence electrons. The highest BCUT2D eigenvalue weighted by Crippen LogP contribution is 2.37. The van der Waals surface area contributed by atoms with E-state index in [-0.39, 0.29) is 27.3 Å². The van der Waals surface area contributed by atoms with Gasteiger partial charge in [-0.2, -0.15) is 0 Å². The Hall–Kier alpha value is -6.53. The van der Waals surface area contributed by atoms with Crippen molar-refractivity contribution >= 4 is 110 Å². The second-order valence-corrected chi connectivity index (χ2v) is 13.6. The fourth-order valence-corrected chi connectivity index (χ4v) is 7.57. The van der Waals surface area contributed by atoms with Gasteiger partial charge in [-0.25, -0.2) is 15.0 Å². The minimum atomic E-state index is 0.162. The van der Waals surface area contributed by atoms with Crippen molar-refractivity contribution in [3.63, 3.8) is 0 Å². The third-order valence-electron chi connectivity index (χ3n) is 10.3. The Kier molecular flexibility index (Phi) is 7.70. The first-order valence-electron chi connectivity index (χ1n) is 17.7. The Morgan fingerprint density at radius 1 is 0.382 bits per heavy atom. The summed E-state index contributed by atoms with van der Waals surface area (Å²) >= 11 is 0. The molecule has 0 bridgehead atoms. The molecule has 3 heterocycles. The van der Waals surface area contributed by atoms with Crippen molar-refractivity contribution in [3.05, 3.63) is 140 Å². The average molecular weight is 690 g/mol. The third-order valence-corrected chi connectivity index (χ3v) is 10.3. The van der Waals surface area contributed by atoms with Crippen LogP contribution in [0.25, 0.3) is 94.7 Å². The van der Waals surface area contributed by atoms with E-state index in [1.165, 1.54) is 10.8 Å². The minimum Gasteiger partial charge on any atom is -0.456 e. The number of hydrogen-bond acceptors (Lipinski definition) is 4. The van der Waals surface area contributed by atoms with E-state index in [1.807, 2.05) is 66.7 Å². The first kappa shape index (κ1) is 33.1. The van der Waals surface area contributed by atoms with Crippen molar-refractivity contribution in [1.29, 1.82) is 0 Å². The Labute approximate surface area is 323 Å². The SMILES string of the molecule is [B]c1c([B])c([B])c(-c2cccc(-c3nc(-c4ccccc4)nc(-c4ccc5oc6cc(-n7c8ccccc8c8ccccc87)ccc6c5c4)n3)c2)c([B])c1[B]. The van der Waals surface area contributed by atoms with E-state index < -0.39 is 0 Å². The molecule has 0 atom stereocenters. The average Bonchev–Trinajstić information content (AvgIpc) is 3.77. The Bertz CT molecular complexity index is 3090. The summed E-state index contributed by atoms with van der Waals surface area (Å²) in [4.78, 5) is 14.9. The second-order valence-electron chi connectivity index (χ2n) is 13.6. The number of furan rings is 1. The summed E-state index contributed by atoms with van der Waals surface area (Å²) in [7, 11) is 31.4. The lowest BCUT2D eigenvalue weighted by molar-refractivity contribution is 0.668. The molecule has 10 rings (SSSR count). The quantitative estimate of drug-likeness (QED) is 0.224. The molecule has 0 aliphatic rings. The zero-order valence-electron chi connectivity index (χ0n) is 29.4. The van der Waals surface area contributed by atoms with Crippen LogP contribution in [0, 0.1) is 0 Å². The lowest BCUT2D eigenvalue weighted by Gasteiger charge is -2.21. The van der Waals surface area contributed by atoms with Gasteiger partial charge in [-0.15, -0.1) is 16.4 Å². The molecule has 5 nitrogen and oxygen atoms in total. The van der Waals surface area contributed by atoms with Gasteiger partial charge in [0, 0.05) is 50.0 Å². The highest BCUT2D eigenvalue weighted by atomic mass is 16.3. The molecule has 10 radical (unpaired) electrons. The van der Waals surface area contributed by atoms with E-state index >= 15 is 0 Å². The van der Waals surface area contributed by atoms with E-state index in [4.69, 9.17) is 58.6 Å². The van der Waals surface area contributed by atoms with Crippen molar-refractivity contribution in [2.24, 2.45) is 0 Å². The summed E-state index contributed by atoms with van der Waals surface area (Å²) in [6.45, 7) is 0. The maximum absolute atomic E-state index is 6.48. The molecule has 0 unspecified atom stereocenters. The van der Waals surface area contributed by atoms with Gasteiger partial charge in [0.25, 0.3) is 0 Å². The molecular weight excluding hydrogens is 667 g/mol. The molecule has 0 spiro atoms. The Morgan fingerprint density at radius 2 is 0.927 bits per heavy atom. The summed E-state index contributed by atoms with van der Waals surface area (Å²) < 4.78 is 8.76.